The van der Waals surface area contributed by atoms with Crippen LogP contribution < -0.4 is 19.5 Å². The molecule has 0 radical (unpaired) electrons. The molecule has 0 aromatic heterocycles. The first-order chi connectivity index (χ1) is 14.7. The molecule has 2 aromatic carbocycles. The number of carbonyl (C=O) groups excluding carboxylic acids is 2. The molecule has 0 aliphatic heterocycles. The van der Waals surface area contributed by atoms with Gasteiger partial charge < -0.3 is 24.3 Å². The number of alkyl halides is 2. The zero-order chi connectivity index (χ0) is 23.1. The standard InChI is InChI=1S/C19H18F2N2O8/c1-10(17(24)22-12-6-4-5-7-14(12)31-19(20)21)30-18(25)11-8-15(28-2)16(29-3)9-13(11)23(26)27/h4-10,19H,1-3H3,(H,22,24). The van der Waals surface area contributed by atoms with Crippen LogP contribution in [0.3, 0.4) is 0 Å². The number of para-hydroxylation sites is 2. The predicted octanol–water partition coefficient (Wildman–Crippen LogP) is 3.40. The quantitative estimate of drug-likeness (QED) is 0.357. The second kappa shape index (κ2) is 10.2. The Hall–Kier alpha value is -3.96. The van der Waals surface area contributed by atoms with Gasteiger partial charge in [0.25, 0.3) is 11.6 Å². The Balaban J connectivity index is 2.21. The Morgan fingerprint density at radius 3 is 2.26 bits per heavy atom. The van der Waals surface area contributed by atoms with Crippen molar-refractivity contribution < 1.29 is 42.2 Å². The fraction of sp³-hybridized carbons (Fsp3) is 0.263. The summed E-state index contributed by atoms with van der Waals surface area (Å²) in [5.41, 5.74) is -1.16. The molecule has 1 atom stereocenters. The number of ether oxygens (including phenoxy) is 4. The van der Waals surface area contributed by atoms with Crippen molar-refractivity contribution in [2.45, 2.75) is 19.6 Å². The van der Waals surface area contributed by atoms with Gasteiger partial charge >= 0.3 is 12.6 Å². The normalized spacial score (nSPS) is 11.4. The van der Waals surface area contributed by atoms with E-state index in [0.717, 1.165) is 12.1 Å². The minimum Gasteiger partial charge on any atom is -0.493 e. The molecule has 1 unspecified atom stereocenters. The average Bonchev–Trinajstić information content (AvgIpc) is 2.73. The summed E-state index contributed by atoms with van der Waals surface area (Å²) in [4.78, 5) is 35.3. The fourth-order valence-electron chi connectivity index (χ4n) is 2.46. The number of hydrogen-bond acceptors (Lipinski definition) is 8. The molecule has 1 N–H and O–H groups in total. The SMILES string of the molecule is COc1cc(C(=O)OC(C)C(=O)Nc2ccccc2OC(F)F)c([N+](=O)[O-])cc1OC. The molecule has 1 amide bonds. The number of nitro benzene ring substituents is 1. The van der Waals surface area contributed by atoms with E-state index in [4.69, 9.17) is 14.2 Å². The van der Waals surface area contributed by atoms with E-state index in [2.05, 4.69) is 10.1 Å². The summed E-state index contributed by atoms with van der Waals surface area (Å²) < 4.78 is 44.3. The van der Waals surface area contributed by atoms with E-state index < -0.39 is 40.8 Å². The molecule has 0 saturated carbocycles. The second-order valence-electron chi connectivity index (χ2n) is 5.89. The van der Waals surface area contributed by atoms with E-state index in [9.17, 15) is 28.5 Å². The highest BCUT2D eigenvalue weighted by atomic mass is 19.3. The summed E-state index contributed by atoms with van der Waals surface area (Å²) >= 11 is 0. The maximum Gasteiger partial charge on any atom is 0.387 e. The predicted molar refractivity (Wildman–Crippen MR) is 103 cm³/mol. The van der Waals surface area contributed by atoms with E-state index in [-0.39, 0.29) is 22.9 Å². The highest BCUT2D eigenvalue weighted by Gasteiger charge is 2.28. The molecule has 0 heterocycles. The summed E-state index contributed by atoms with van der Waals surface area (Å²) in [5, 5.41) is 13.6. The Morgan fingerprint density at radius 2 is 1.68 bits per heavy atom. The molecule has 2 rings (SSSR count). The maximum absolute atomic E-state index is 12.5. The number of hydrogen-bond donors (Lipinski definition) is 1. The summed E-state index contributed by atoms with van der Waals surface area (Å²) in [6, 6.07) is 7.45. The van der Waals surface area contributed by atoms with Gasteiger partial charge in [-0.3, -0.25) is 14.9 Å². The Kier molecular flexibility index (Phi) is 7.66. The molecule has 0 fully saturated rings. The van der Waals surface area contributed by atoms with Crippen molar-refractivity contribution in [3.8, 4) is 17.2 Å². The van der Waals surface area contributed by atoms with Crippen LogP contribution in [0.4, 0.5) is 20.2 Å². The number of anilines is 1. The fourth-order valence-corrected chi connectivity index (χ4v) is 2.46. The van der Waals surface area contributed by atoms with E-state index in [0.29, 0.717) is 0 Å². The number of carbonyl (C=O) groups is 2. The molecule has 0 saturated heterocycles. The third kappa shape index (κ3) is 5.78. The number of esters is 1. The topological polar surface area (TPSA) is 126 Å². The third-order valence-electron chi connectivity index (χ3n) is 3.93. The molecule has 10 nitrogen and oxygen atoms in total. The van der Waals surface area contributed by atoms with Crippen molar-refractivity contribution in [1.82, 2.24) is 0 Å². The highest BCUT2D eigenvalue weighted by Crippen LogP contribution is 2.35. The number of rotatable bonds is 9. The van der Waals surface area contributed by atoms with Crippen LogP contribution in [0, 0.1) is 10.1 Å². The summed E-state index contributed by atoms with van der Waals surface area (Å²) in [5.74, 6) is -2.28. The smallest absolute Gasteiger partial charge is 0.387 e. The zero-order valence-electron chi connectivity index (χ0n) is 16.6. The first kappa shape index (κ1) is 23.3. The number of nitrogens with zero attached hydrogens (tertiary/aromatic N) is 1. The number of halogens is 2. The highest BCUT2D eigenvalue weighted by molar-refractivity contribution is 6.00. The van der Waals surface area contributed by atoms with Gasteiger partial charge in [-0.2, -0.15) is 8.78 Å². The lowest BCUT2D eigenvalue weighted by atomic mass is 10.1. The van der Waals surface area contributed by atoms with Gasteiger partial charge in [0.1, 0.15) is 11.3 Å². The monoisotopic (exact) mass is 440 g/mol. The molecule has 166 valence electrons. The van der Waals surface area contributed by atoms with Crippen LogP contribution in [-0.4, -0.2) is 43.7 Å². The van der Waals surface area contributed by atoms with E-state index in [1.807, 2.05) is 0 Å². The zero-order valence-corrected chi connectivity index (χ0v) is 16.6. The third-order valence-corrected chi connectivity index (χ3v) is 3.93. The van der Waals surface area contributed by atoms with E-state index in [1.165, 1.54) is 45.4 Å². The minimum absolute atomic E-state index is 0.0205. The van der Waals surface area contributed by atoms with Crippen molar-refractivity contribution in [3.63, 3.8) is 0 Å². The summed E-state index contributed by atoms with van der Waals surface area (Å²) in [6.07, 6.45) is -1.43. The molecule has 0 aliphatic rings. The van der Waals surface area contributed by atoms with Crippen LogP contribution in [0.2, 0.25) is 0 Å². The number of amides is 1. The van der Waals surface area contributed by atoms with Crippen molar-refractivity contribution in [2.75, 3.05) is 19.5 Å². The first-order valence-electron chi connectivity index (χ1n) is 8.64. The molecule has 12 heteroatoms. The minimum atomic E-state index is -3.11. The number of nitro groups is 1. The van der Waals surface area contributed by atoms with Crippen molar-refractivity contribution in [1.29, 1.82) is 0 Å². The number of nitrogens with one attached hydrogen (secondary N) is 1. The first-order valence-corrected chi connectivity index (χ1v) is 8.64. The van der Waals surface area contributed by atoms with Crippen molar-refractivity contribution in [3.05, 3.63) is 52.1 Å². The second-order valence-corrected chi connectivity index (χ2v) is 5.89. The van der Waals surface area contributed by atoms with Gasteiger partial charge in [-0.25, -0.2) is 4.79 Å². The molecule has 0 spiro atoms. The van der Waals surface area contributed by atoms with Crippen molar-refractivity contribution in [2.24, 2.45) is 0 Å². The van der Waals surface area contributed by atoms with Crippen LogP contribution in [0.1, 0.15) is 17.3 Å². The van der Waals surface area contributed by atoms with Gasteiger partial charge in [0.05, 0.1) is 30.9 Å². The lowest BCUT2D eigenvalue weighted by Crippen LogP contribution is -2.30. The van der Waals surface area contributed by atoms with Gasteiger partial charge in [0, 0.05) is 6.07 Å². The lowest BCUT2D eigenvalue weighted by Gasteiger charge is -2.16. The van der Waals surface area contributed by atoms with Gasteiger partial charge in [0.2, 0.25) is 0 Å². The Labute approximate surface area is 174 Å². The molecule has 2 aromatic rings. The van der Waals surface area contributed by atoms with E-state index in [1.54, 1.807) is 0 Å². The lowest BCUT2D eigenvalue weighted by molar-refractivity contribution is -0.385. The maximum atomic E-state index is 12.5. The molecule has 0 aliphatic carbocycles. The Morgan fingerprint density at radius 1 is 1.06 bits per heavy atom. The van der Waals surface area contributed by atoms with Crippen LogP contribution in [0.15, 0.2) is 36.4 Å². The van der Waals surface area contributed by atoms with Gasteiger partial charge in [-0.1, -0.05) is 12.1 Å². The van der Waals surface area contributed by atoms with Gasteiger partial charge in [-0.15, -0.1) is 0 Å². The van der Waals surface area contributed by atoms with Crippen LogP contribution in [0.25, 0.3) is 0 Å². The van der Waals surface area contributed by atoms with Crippen LogP contribution in [-0.2, 0) is 9.53 Å². The molecule has 31 heavy (non-hydrogen) atoms. The largest absolute Gasteiger partial charge is 0.493 e. The average molecular weight is 440 g/mol. The van der Waals surface area contributed by atoms with Crippen LogP contribution >= 0.6 is 0 Å². The summed E-state index contributed by atoms with van der Waals surface area (Å²) in [6.45, 7) is -1.91. The van der Waals surface area contributed by atoms with Gasteiger partial charge in [0.15, 0.2) is 17.6 Å². The van der Waals surface area contributed by atoms with Gasteiger partial charge in [-0.05, 0) is 19.1 Å². The number of benzene rings is 2. The summed E-state index contributed by atoms with van der Waals surface area (Å²) in [7, 11) is 2.54. The van der Waals surface area contributed by atoms with Crippen molar-refractivity contribution >= 4 is 23.3 Å². The van der Waals surface area contributed by atoms with Crippen LogP contribution in [0.5, 0.6) is 17.2 Å². The Bertz CT molecular complexity index is 983. The molecule has 0 bridgehead atoms. The molecular weight excluding hydrogens is 422 g/mol. The van der Waals surface area contributed by atoms with E-state index >= 15 is 0 Å². The number of methoxy groups -OCH3 is 2. The molecular formula is C19H18F2N2O8.